The minimum atomic E-state index is -4.74. The Morgan fingerprint density at radius 3 is 2.41 bits per heavy atom. The third kappa shape index (κ3) is 5.00. The Kier molecular flexibility index (Phi) is 5.59. The van der Waals surface area contributed by atoms with Crippen molar-refractivity contribution in [3.05, 3.63) is 29.1 Å². The lowest BCUT2D eigenvalue weighted by atomic mass is 10.1. The van der Waals surface area contributed by atoms with Crippen LogP contribution in [0.15, 0.2) is 12.1 Å². The van der Waals surface area contributed by atoms with Gasteiger partial charge in [-0.25, -0.2) is 4.98 Å². The van der Waals surface area contributed by atoms with E-state index in [9.17, 15) is 17.4 Å². The second-order valence-electron chi connectivity index (χ2n) is 5.74. The summed E-state index contributed by atoms with van der Waals surface area (Å²) in [7, 11) is -1.66. The molecule has 1 aromatic heterocycles. The number of nitriles is 1. The molecule has 0 fully saturated rings. The standard InChI is InChI=1S/C14H17F3N3OS/c1-13(2,3)19-8-11(22(4)21)10-6-5-9(7-18)12(20-10)14(15,16)17/h5-6,11,19H,4,8H2,1-3H3/q-1. The highest BCUT2D eigenvalue weighted by molar-refractivity contribution is 7.82. The van der Waals surface area contributed by atoms with E-state index in [1.807, 2.05) is 20.8 Å². The third-order valence-electron chi connectivity index (χ3n) is 2.77. The quantitative estimate of drug-likeness (QED) is 0.680. The van der Waals surface area contributed by atoms with Crippen LogP contribution in [0.25, 0.3) is 0 Å². The molecule has 0 saturated carbocycles. The predicted molar refractivity (Wildman–Crippen MR) is 79.6 cm³/mol. The van der Waals surface area contributed by atoms with Crippen molar-refractivity contribution in [2.24, 2.45) is 0 Å². The molecule has 1 unspecified atom stereocenters. The van der Waals surface area contributed by atoms with E-state index in [0.717, 1.165) is 6.07 Å². The zero-order valence-corrected chi connectivity index (χ0v) is 13.3. The summed E-state index contributed by atoms with van der Waals surface area (Å²) in [5.41, 5.74) is -2.12. The Morgan fingerprint density at radius 2 is 2.00 bits per heavy atom. The average molecular weight is 332 g/mol. The van der Waals surface area contributed by atoms with Crippen molar-refractivity contribution in [2.45, 2.75) is 37.7 Å². The number of aromatic nitrogens is 1. The van der Waals surface area contributed by atoms with Gasteiger partial charge in [-0.3, -0.25) is 10.4 Å². The summed E-state index contributed by atoms with van der Waals surface area (Å²) in [6.07, 6.45) is -4.74. The van der Waals surface area contributed by atoms with Gasteiger partial charge in [0, 0.05) is 11.2 Å². The number of hydrogen-bond donors (Lipinski definition) is 1. The first kappa shape index (κ1) is 18.5. The summed E-state index contributed by atoms with van der Waals surface area (Å²) in [5.74, 6) is 3.40. The largest absolute Gasteiger partial charge is 0.461 e. The monoisotopic (exact) mass is 332 g/mol. The Hall–Kier alpha value is -1.59. The molecule has 1 N–H and O–H groups in total. The zero-order chi connectivity index (χ0) is 17.1. The van der Waals surface area contributed by atoms with Crippen LogP contribution < -0.4 is 5.32 Å². The van der Waals surface area contributed by atoms with Gasteiger partial charge in [-0.05, 0) is 44.7 Å². The molecule has 1 atom stereocenters. The summed E-state index contributed by atoms with van der Waals surface area (Å²) in [5, 5.41) is 11.0. The SMILES string of the molecule is C=[S-](=O)C(CNC(C)(C)C)c1ccc(C#N)c(C(F)(F)F)n1. The molecule has 0 amide bonds. The lowest BCUT2D eigenvalue weighted by Gasteiger charge is -2.27. The van der Waals surface area contributed by atoms with Crippen molar-refractivity contribution in [3.63, 3.8) is 0 Å². The van der Waals surface area contributed by atoms with Crippen LogP contribution in [0.2, 0.25) is 0 Å². The van der Waals surface area contributed by atoms with E-state index in [1.165, 1.54) is 12.1 Å². The van der Waals surface area contributed by atoms with E-state index < -0.39 is 33.1 Å². The van der Waals surface area contributed by atoms with Crippen LogP contribution in [0, 0.1) is 11.3 Å². The first-order valence-electron chi connectivity index (χ1n) is 6.39. The number of halogens is 3. The lowest BCUT2D eigenvalue weighted by Crippen LogP contribution is -2.39. The maximum Gasteiger partial charge on any atom is 0.434 e. The summed E-state index contributed by atoms with van der Waals surface area (Å²) >= 11 is 0. The van der Waals surface area contributed by atoms with E-state index in [2.05, 4.69) is 16.2 Å². The predicted octanol–water partition coefficient (Wildman–Crippen LogP) is 2.80. The van der Waals surface area contributed by atoms with Gasteiger partial charge in [-0.15, -0.1) is 0 Å². The molecule has 4 nitrogen and oxygen atoms in total. The summed E-state index contributed by atoms with van der Waals surface area (Å²) in [6.45, 7) is 5.80. The van der Waals surface area contributed by atoms with Gasteiger partial charge >= 0.3 is 6.18 Å². The van der Waals surface area contributed by atoms with Gasteiger partial charge in [0.15, 0.2) is 5.69 Å². The molecule has 0 aliphatic heterocycles. The fraction of sp³-hybridized carbons (Fsp3) is 0.500. The molecule has 8 heteroatoms. The molecule has 0 aliphatic carbocycles. The summed E-state index contributed by atoms with van der Waals surface area (Å²) in [4.78, 5) is 3.52. The van der Waals surface area contributed by atoms with Crippen LogP contribution in [0.5, 0.6) is 0 Å². The molecule has 1 rings (SSSR count). The van der Waals surface area contributed by atoms with E-state index in [4.69, 9.17) is 5.26 Å². The van der Waals surface area contributed by atoms with E-state index in [1.54, 1.807) is 0 Å². The van der Waals surface area contributed by atoms with Crippen LogP contribution >= 0.6 is 0 Å². The molecular formula is C14H17F3N3OS-. The molecule has 0 bridgehead atoms. The van der Waals surface area contributed by atoms with Crippen molar-refractivity contribution in [1.82, 2.24) is 10.3 Å². The first-order chi connectivity index (χ1) is 9.95. The summed E-state index contributed by atoms with van der Waals surface area (Å²) in [6, 6.07) is 3.79. The van der Waals surface area contributed by atoms with Gasteiger partial charge in [0.25, 0.3) is 0 Å². The van der Waals surface area contributed by atoms with Crippen LogP contribution in [0.4, 0.5) is 13.2 Å². The smallest absolute Gasteiger partial charge is 0.434 e. The number of pyridine rings is 1. The van der Waals surface area contributed by atoms with E-state index in [0.29, 0.717) is 0 Å². The van der Waals surface area contributed by atoms with Crippen molar-refractivity contribution in [3.8, 4) is 6.07 Å². The highest BCUT2D eigenvalue weighted by atomic mass is 32.2. The van der Waals surface area contributed by atoms with Gasteiger partial charge in [-0.2, -0.15) is 24.3 Å². The number of nitrogens with zero attached hydrogens (tertiary/aromatic N) is 2. The van der Waals surface area contributed by atoms with Crippen molar-refractivity contribution in [1.29, 1.82) is 5.26 Å². The van der Waals surface area contributed by atoms with Crippen molar-refractivity contribution < 1.29 is 17.4 Å². The Bertz CT molecular complexity index is 647. The van der Waals surface area contributed by atoms with E-state index in [-0.39, 0.29) is 17.8 Å². The van der Waals surface area contributed by atoms with Gasteiger partial charge < -0.3 is 9.53 Å². The minimum Gasteiger partial charge on any atom is -0.461 e. The number of alkyl halides is 3. The molecule has 122 valence electrons. The van der Waals surface area contributed by atoms with Crippen LogP contribution in [-0.4, -0.2) is 22.9 Å². The summed E-state index contributed by atoms with van der Waals surface area (Å²) < 4.78 is 50.6. The Labute approximate surface area is 129 Å². The Balaban J connectivity index is 3.25. The van der Waals surface area contributed by atoms with E-state index >= 15 is 0 Å². The Morgan fingerprint density at radius 1 is 1.41 bits per heavy atom. The number of hydrogen-bond acceptors (Lipinski definition) is 5. The normalized spacial score (nSPS) is 13.9. The molecule has 0 aromatic carbocycles. The highest BCUT2D eigenvalue weighted by Gasteiger charge is 2.36. The second kappa shape index (κ2) is 6.67. The molecule has 0 aliphatic rings. The average Bonchev–Trinajstić information content (AvgIpc) is 2.36. The van der Waals surface area contributed by atoms with Gasteiger partial charge in [-0.1, -0.05) is 0 Å². The fourth-order valence-corrected chi connectivity index (χ4v) is 2.36. The lowest BCUT2D eigenvalue weighted by molar-refractivity contribution is -0.141. The van der Waals surface area contributed by atoms with Gasteiger partial charge in [0.05, 0.1) is 5.56 Å². The minimum absolute atomic E-state index is 0.00333. The van der Waals surface area contributed by atoms with Gasteiger partial charge in [0.2, 0.25) is 0 Å². The molecule has 1 aromatic rings. The van der Waals surface area contributed by atoms with Crippen LogP contribution in [-0.2, 0) is 20.8 Å². The number of rotatable bonds is 4. The maximum atomic E-state index is 12.9. The zero-order valence-electron chi connectivity index (χ0n) is 12.5. The fourth-order valence-electron chi connectivity index (χ4n) is 1.69. The highest BCUT2D eigenvalue weighted by Crippen LogP contribution is 2.31. The van der Waals surface area contributed by atoms with Gasteiger partial charge in [0.1, 0.15) is 6.07 Å². The number of nitrogens with one attached hydrogen (secondary N) is 1. The second-order valence-corrected chi connectivity index (χ2v) is 7.07. The van der Waals surface area contributed by atoms with Crippen LogP contribution in [0.3, 0.4) is 0 Å². The topological polar surface area (TPSA) is 65.8 Å². The first-order valence-corrected chi connectivity index (χ1v) is 7.77. The molecule has 0 saturated heterocycles. The third-order valence-corrected chi connectivity index (χ3v) is 3.81. The van der Waals surface area contributed by atoms with Crippen molar-refractivity contribution >= 4 is 16.3 Å². The van der Waals surface area contributed by atoms with Crippen LogP contribution in [0.1, 0.15) is 43.0 Å². The molecule has 0 radical (unpaired) electrons. The molecule has 22 heavy (non-hydrogen) atoms. The molecule has 1 heterocycles. The molecular weight excluding hydrogens is 315 g/mol. The maximum absolute atomic E-state index is 12.9. The molecule has 0 spiro atoms. The van der Waals surface area contributed by atoms with Crippen molar-refractivity contribution in [2.75, 3.05) is 6.54 Å².